The number of hydrogen-bond donors (Lipinski definition) is 1. The van der Waals surface area contributed by atoms with E-state index in [9.17, 15) is 0 Å². The monoisotopic (exact) mass is 261 g/mol. The van der Waals surface area contributed by atoms with Gasteiger partial charge >= 0.3 is 0 Å². The predicted molar refractivity (Wildman–Crippen MR) is 65.3 cm³/mol. The Balaban J connectivity index is 2.35. The van der Waals surface area contributed by atoms with Crippen molar-refractivity contribution in [3.05, 3.63) is 40.9 Å². The second-order valence-corrected chi connectivity index (χ2v) is 4.30. The maximum atomic E-state index is 5.88. The number of halogens is 1. The van der Waals surface area contributed by atoms with Crippen LogP contribution in [-0.4, -0.2) is 9.55 Å². The smallest absolute Gasteiger partial charge is 0.205 e. The van der Waals surface area contributed by atoms with Crippen LogP contribution in [0.4, 0.5) is 5.95 Å². The van der Waals surface area contributed by atoms with E-state index in [4.69, 9.17) is 5.73 Å². The molecule has 0 saturated heterocycles. The Bertz CT molecular complexity index is 608. The number of nitrogens with zero attached hydrogens (tertiary/aromatic N) is 2. The van der Waals surface area contributed by atoms with E-state index in [0.717, 1.165) is 21.2 Å². The Morgan fingerprint density at radius 3 is 2.80 bits per heavy atom. The molecule has 1 aliphatic carbocycles. The molecule has 15 heavy (non-hydrogen) atoms. The number of nitrogen functional groups attached to an aromatic ring is 1. The van der Waals surface area contributed by atoms with Gasteiger partial charge in [0, 0.05) is 10.2 Å². The van der Waals surface area contributed by atoms with Gasteiger partial charge in [0.05, 0.1) is 11.0 Å². The minimum absolute atomic E-state index is 0.527. The van der Waals surface area contributed by atoms with Crippen LogP contribution in [0.25, 0.3) is 16.7 Å². The lowest BCUT2D eigenvalue weighted by molar-refractivity contribution is 1.14. The second kappa shape index (κ2) is 2.97. The first-order chi connectivity index (χ1) is 7.25. The lowest BCUT2D eigenvalue weighted by atomic mass is 10.2. The number of benzene rings is 1. The summed E-state index contributed by atoms with van der Waals surface area (Å²) in [4.78, 5) is 4.30. The van der Waals surface area contributed by atoms with Gasteiger partial charge in [0.25, 0.3) is 0 Å². The standard InChI is InChI=1S/C11H8BrN3/c12-7-4-5-9-10(6-7)15(11(13)14-9)8-2-1-3-8/h1-6H,(H2,13,14). The Morgan fingerprint density at radius 2 is 2.13 bits per heavy atom. The van der Waals surface area contributed by atoms with E-state index in [1.165, 1.54) is 0 Å². The van der Waals surface area contributed by atoms with Crippen LogP contribution in [0.5, 0.6) is 0 Å². The average molecular weight is 262 g/mol. The Kier molecular flexibility index (Phi) is 1.73. The van der Waals surface area contributed by atoms with Crippen molar-refractivity contribution in [3.63, 3.8) is 0 Å². The van der Waals surface area contributed by atoms with Crippen molar-refractivity contribution in [2.24, 2.45) is 0 Å². The highest BCUT2D eigenvalue weighted by Gasteiger charge is 2.12. The van der Waals surface area contributed by atoms with Crippen LogP contribution >= 0.6 is 15.9 Å². The minimum atomic E-state index is 0.527. The fourth-order valence-electron chi connectivity index (χ4n) is 1.67. The third-order valence-electron chi connectivity index (χ3n) is 2.43. The maximum absolute atomic E-state index is 5.88. The van der Waals surface area contributed by atoms with Crippen molar-refractivity contribution in [2.45, 2.75) is 0 Å². The molecule has 0 radical (unpaired) electrons. The molecule has 0 spiro atoms. The van der Waals surface area contributed by atoms with Gasteiger partial charge in [0.1, 0.15) is 0 Å². The van der Waals surface area contributed by atoms with E-state index in [-0.39, 0.29) is 0 Å². The van der Waals surface area contributed by atoms with Gasteiger partial charge in [0.15, 0.2) is 0 Å². The van der Waals surface area contributed by atoms with Crippen molar-refractivity contribution in [3.8, 4) is 0 Å². The largest absolute Gasteiger partial charge is 0.369 e. The van der Waals surface area contributed by atoms with Gasteiger partial charge in [-0.2, -0.15) is 0 Å². The summed E-state index contributed by atoms with van der Waals surface area (Å²) in [7, 11) is 0. The molecule has 0 fully saturated rings. The zero-order valence-corrected chi connectivity index (χ0v) is 9.40. The number of anilines is 1. The predicted octanol–water partition coefficient (Wildman–Crippen LogP) is 2.79. The summed E-state index contributed by atoms with van der Waals surface area (Å²) < 4.78 is 2.97. The van der Waals surface area contributed by atoms with Crippen molar-refractivity contribution in [2.75, 3.05) is 5.73 Å². The summed E-state index contributed by atoms with van der Waals surface area (Å²) >= 11 is 3.45. The van der Waals surface area contributed by atoms with Crippen LogP contribution in [0.2, 0.25) is 0 Å². The lowest BCUT2D eigenvalue weighted by Gasteiger charge is -2.11. The average Bonchev–Trinajstić information content (AvgIpc) is 2.42. The Morgan fingerprint density at radius 1 is 1.33 bits per heavy atom. The van der Waals surface area contributed by atoms with Gasteiger partial charge in [-0.05, 0) is 30.4 Å². The zero-order valence-electron chi connectivity index (χ0n) is 7.81. The molecule has 2 aromatic rings. The topological polar surface area (TPSA) is 43.8 Å². The third-order valence-corrected chi connectivity index (χ3v) is 2.93. The highest BCUT2D eigenvalue weighted by Crippen LogP contribution is 2.27. The fraction of sp³-hybridized carbons (Fsp3) is 0. The van der Waals surface area contributed by atoms with Crippen LogP contribution in [0, 0.1) is 0 Å². The van der Waals surface area contributed by atoms with Crippen molar-refractivity contribution in [1.82, 2.24) is 9.55 Å². The number of allylic oxidation sites excluding steroid dienone is 4. The Labute approximate surface area is 95.0 Å². The molecule has 1 heterocycles. The van der Waals surface area contributed by atoms with Crippen LogP contribution in [0.15, 0.2) is 40.9 Å². The van der Waals surface area contributed by atoms with Crippen LogP contribution < -0.4 is 5.73 Å². The van der Waals surface area contributed by atoms with E-state index in [1.807, 2.05) is 41.0 Å². The summed E-state index contributed by atoms with van der Waals surface area (Å²) in [6.45, 7) is 0. The molecule has 0 aliphatic heterocycles. The number of aromatic nitrogens is 2. The van der Waals surface area contributed by atoms with E-state index < -0.39 is 0 Å². The number of fused-ring (bicyclic) bond motifs is 1. The van der Waals surface area contributed by atoms with Crippen LogP contribution in [0.3, 0.4) is 0 Å². The lowest BCUT2D eigenvalue weighted by Crippen LogP contribution is -2.03. The molecule has 0 bridgehead atoms. The number of nitrogens with two attached hydrogens (primary N) is 1. The summed E-state index contributed by atoms with van der Waals surface area (Å²) in [5.41, 5.74) is 8.89. The maximum Gasteiger partial charge on any atom is 0.205 e. The molecular formula is C11H8BrN3. The van der Waals surface area contributed by atoms with Gasteiger partial charge in [-0.25, -0.2) is 4.98 Å². The second-order valence-electron chi connectivity index (χ2n) is 3.39. The fourth-order valence-corrected chi connectivity index (χ4v) is 2.02. The van der Waals surface area contributed by atoms with E-state index in [0.29, 0.717) is 5.95 Å². The number of imidazole rings is 1. The van der Waals surface area contributed by atoms with Crippen molar-refractivity contribution in [1.29, 1.82) is 0 Å². The summed E-state index contributed by atoms with van der Waals surface area (Å²) in [6, 6.07) is 5.94. The summed E-state index contributed by atoms with van der Waals surface area (Å²) in [6.07, 6.45) is 6.01. The SMILES string of the molecule is Nc1nc2ccc(Br)cc2n1C1=CC=C1. The van der Waals surface area contributed by atoms with Gasteiger partial charge in [-0.15, -0.1) is 0 Å². The molecule has 3 nitrogen and oxygen atoms in total. The van der Waals surface area contributed by atoms with Gasteiger partial charge < -0.3 is 5.73 Å². The molecule has 0 amide bonds. The third kappa shape index (κ3) is 1.22. The van der Waals surface area contributed by atoms with E-state index in [1.54, 1.807) is 0 Å². The van der Waals surface area contributed by atoms with Gasteiger partial charge in [-0.1, -0.05) is 22.0 Å². The van der Waals surface area contributed by atoms with E-state index in [2.05, 4.69) is 20.9 Å². The highest BCUT2D eigenvalue weighted by atomic mass is 79.9. The first-order valence-electron chi connectivity index (χ1n) is 4.58. The van der Waals surface area contributed by atoms with Crippen LogP contribution in [-0.2, 0) is 0 Å². The van der Waals surface area contributed by atoms with Crippen molar-refractivity contribution >= 4 is 38.6 Å². The Hall–Kier alpha value is -1.55. The molecule has 3 rings (SSSR count). The van der Waals surface area contributed by atoms with Crippen LogP contribution in [0.1, 0.15) is 0 Å². The normalized spacial score (nSPS) is 14.1. The minimum Gasteiger partial charge on any atom is -0.369 e. The molecule has 2 N–H and O–H groups in total. The van der Waals surface area contributed by atoms with Crippen molar-refractivity contribution < 1.29 is 0 Å². The molecule has 74 valence electrons. The molecule has 4 heteroatoms. The van der Waals surface area contributed by atoms with E-state index >= 15 is 0 Å². The summed E-state index contributed by atoms with van der Waals surface area (Å²) in [5, 5.41) is 0. The molecule has 0 atom stereocenters. The molecule has 0 unspecified atom stereocenters. The quantitative estimate of drug-likeness (QED) is 0.858. The summed E-state index contributed by atoms with van der Waals surface area (Å²) in [5.74, 6) is 0.527. The number of rotatable bonds is 1. The molecule has 0 saturated carbocycles. The molecule has 1 aromatic carbocycles. The highest BCUT2D eigenvalue weighted by molar-refractivity contribution is 9.10. The molecular weight excluding hydrogens is 254 g/mol. The molecule has 1 aromatic heterocycles. The first kappa shape index (κ1) is 8.73. The van der Waals surface area contributed by atoms with Gasteiger partial charge in [0.2, 0.25) is 5.95 Å². The molecule has 1 aliphatic rings. The zero-order chi connectivity index (χ0) is 10.4. The first-order valence-corrected chi connectivity index (χ1v) is 5.37. The van der Waals surface area contributed by atoms with Gasteiger partial charge in [-0.3, -0.25) is 4.57 Å². The number of hydrogen-bond acceptors (Lipinski definition) is 2.